The molecule has 0 bridgehead atoms. The Labute approximate surface area is 175 Å². The van der Waals surface area contributed by atoms with Gasteiger partial charge in [0.2, 0.25) is 5.91 Å². The van der Waals surface area contributed by atoms with Gasteiger partial charge in [-0.2, -0.15) is 5.11 Å². The number of hydrogen-bond acceptors (Lipinski definition) is 7. The number of fused-ring (bicyclic) bond motifs is 1. The highest BCUT2D eigenvalue weighted by Crippen LogP contribution is 2.33. The van der Waals surface area contributed by atoms with Gasteiger partial charge < -0.3 is 10.1 Å². The Balaban J connectivity index is 1.49. The maximum atomic E-state index is 13.4. The van der Waals surface area contributed by atoms with Gasteiger partial charge in [0.15, 0.2) is 12.1 Å². The number of hydrogen-bond donors (Lipinski definition) is 1. The molecule has 1 fully saturated rings. The van der Waals surface area contributed by atoms with Crippen LogP contribution in [0.25, 0.3) is 0 Å². The molecule has 2 heterocycles. The van der Waals surface area contributed by atoms with Crippen molar-refractivity contribution in [3.63, 3.8) is 0 Å². The Morgan fingerprint density at radius 1 is 1.23 bits per heavy atom. The molecule has 2 aromatic rings. The summed E-state index contributed by atoms with van der Waals surface area (Å²) in [6.45, 7) is -0.293. The van der Waals surface area contributed by atoms with Gasteiger partial charge in [-0.15, -0.1) is 0 Å². The molecule has 0 radical (unpaired) electrons. The van der Waals surface area contributed by atoms with Crippen LogP contribution in [0, 0.1) is 5.82 Å². The molecule has 0 spiro atoms. The van der Waals surface area contributed by atoms with Crippen LogP contribution in [0.1, 0.15) is 0 Å². The van der Waals surface area contributed by atoms with E-state index in [9.17, 15) is 18.8 Å². The lowest BCUT2D eigenvalue weighted by molar-refractivity contribution is -0.123. The van der Waals surface area contributed by atoms with Crippen LogP contribution in [-0.4, -0.2) is 48.5 Å². The summed E-state index contributed by atoms with van der Waals surface area (Å²) >= 11 is 5.77. The van der Waals surface area contributed by atoms with Crippen molar-refractivity contribution in [3.05, 3.63) is 53.3 Å². The number of carbonyl (C=O) groups is 3. The quantitative estimate of drug-likeness (QED) is 0.732. The first-order chi connectivity index (χ1) is 14.4. The standard InChI is InChI=1S/C19H15ClFN5O4/c1-30-12-4-2-3-10(7-12)22-15(27)9-25-17-16(23-24-25)18(28)26(19(17)29)11-5-6-14(21)13(20)8-11/h2-8,16-17H,9H2,1H3,(H,22,27)/t16-,17-/m1/s1. The maximum Gasteiger partial charge on any atom is 0.263 e. The van der Waals surface area contributed by atoms with Crippen LogP contribution in [-0.2, 0) is 14.4 Å². The van der Waals surface area contributed by atoms with E-state index in [0.717, 1.165) is 16.0 Å². The molecular weight excluding hydrogens is 417 g/mol. The first kappa shape index (κ1) is 19.8. The molecule has 2 aliphatic rings. The summed E-state index contributed by atoms with van der Waals surface area (Å²) in [5, 5.41) is 11.3. The second-order valence-corrected chi connectivity index (χ2v) is 6.99. The predicted molar refractivity (Wildman–Crippen MR) is 105 cm³/mol. The first-order valence-corrected chi connectivity index (χ1v) is 9.21. The molecule has 11 heteroatoms. The first-order valence-electron chi connectivity index (χ1n) is 8.83. The molecule has 2 atom stereocenters. The van der Waals surface area contributed by atoms with Crippen molar-refractivity contribution in [3.8, 4) is 5.75 Å². The largest absolute Gasteiger partial charge is 0.497 e. The van der Waals surface area contributed by atoms with Crippen molar-refractivity contribution in [2.75, 3.05) is 23.9 Å². The monoisotopic (exact) mass is 431 g/mol. The summed E-state index contributed by atoms with van der Waals surface area (Å²) in [6, 6.07) is 8.14. The van der Waals surface area contributed by atoms with Crippen molar-refractivity contribution >= 4 is 40.7 Å². The van der Waals surface area contributed by atoms with E-state index in [1.54, 1.807) is 24.3 Å². The lowest BCUT2D eigenvalue weighted by Crippen LogP contribution is -2.43. The van der Waals surface area contributed by atoms with Gasteiger partial charge >= 0.3 is 0 Å². The molecule has 1 N–H and O–H groups in total. The van der Waals surface area contributed by atoms with Gasteiger partial charge in [-0.25, -0.2) is 9.29 Å². The van der Waals surface area contributed by atoms with Crippen LogP contribution in [0.2, 0.25) is 5.02 Å². The number of nitrogens with one attached hydrogen (secondary N) is 1. The minimum Gasteiger partial charge on any atom is -0.497 e. The normalized spacial score (nSPS) is 20.0. The van der Waals surface area contributed by atoms with E-state index in [1.807, 2.05) is 0 Å². The summed E-state index contributed by atoms with van der Waals surface area (Å²) in [6.07, 6.45) is 0. The molecule has 0 aromatic heterocycles. The minimum absolute atomic E-state index is 0.127. The highest BCUT2D eigenvalue weighted by atomic mass is 35.5. The smallest absolute Gasteiger partial charge is 0.263 e. The average Bonchev–Trinajstić information content (AvgIpc) is 3.24. The second kappa shape index (κ2) is 7.71. The van der Waals surface area contributed by atoms with E-state index in [2.05, 4.69) is 15.7 Å². The summed E-state index contributed by atoms with van der Waals surface area (Å²) < 4.78 is 18.5. The van der Waals surface area contributed by atoms with Crippen LogP contribution in [0.4, 0.5) is 15.8 Å². The lowest BCUT2D eigenvalue weighted by Gasteiger charge is -2.20. The molecule has 30 heavy (non-hydrogen) atoms. The fraction of sp³-hybridized carbons (Fsp3) is 0.211. The lowest BCUT2D eigenvalue weighted by atomic mass is 10.1. The Morgan fingerprint density at radius 3 is 2.77 bits per heavy atom. The summed E-state index contributed by atoms with van der Waals surface area (Å²) in [4.78, 5) is 38.8. The van der Waals surface area contributed by atoms with E-state index in [1.165, 1.54) is 19.2 Å². The number of amides is 3. The van der Waals surface area contributed by atoms with Crippen molar-refractivity contribution < 1.29 is 23.5 Å². The van der Waals surface area contributed by atoms with Crippen LogP contribution in [0.3, 0.4) is 0 Å². The SMILES string of the molecule is COc1cccc(NC(=O)CN2N=N[C@H]3C(=O)N(c4ccc(F)c(Cl)c4)C(=O)[C@@H]32)c1. The van der Waals surface area contributed by atoms with Gasteiger partial charge in [0.25, 0.3) is 11.8 Å². The number of anilines is 2. The third-order valence-corrected chi connectivity index (χ3v) is 4.97. The average molecular weight is 432 g/mol. The Hall–Kier alpha value is -3.53. The highest BCUT2D eigenvalue weighted by Gasteiger charge is 2.55. The van der Waals surface area contributed by atoms with Crippen LogP contribution in [0.15, 0.2) is 52.8 Å². The van der Waals surface area contributed by atoms with Gasteiger partial charge in [0.05, 0.1) is 17.8 Å². The van der Waals surface area contributed by atoms with E-state index >= 15 is 0 Å². The zero-order valence-corrected chi connectivity index (χ0v) is 16.3. The van der Waals surface area contributed by atoms with E-state index in [4.69, 9.17) is 16.3 Å². The topological polar surface area (TPSA) is 104 Å². The van der Waals surface area contributed by atoms with Crippen LogP contribution < -0.4 is 15.0 Å². The van der Waals surface area contributed by atoms with E-state index in [0.29, 0.717) is 11.4 Å². The van der Waals surface area contributed by atoms with Gasteiger partial charge in [-0.3, -0.25) is 19.4 Å². The van der Waals surface area contributed by atoms with E-state index < -0.39 is 35.6 Å². The Morgan fingerprint density at radius 2 is 2.03 bits per heavy atom. The number of benzene rings is 2. The molecule has 1 saturated heterocycles. The van der Waals surface area contributed by atoms with E-state index in [-0.39, 0.29) is 17.3 Å². The number of imide groups is 1. The third-order valence-electron chi connectivity index (χ3n) is 4.68. The molecule has 154 valence electrons. The number of methoxy groups -OCH3 is 1. The predicted octanol–water partition coefficient (Wildman–Crippen LogP) is 2.42. The molecular formula is C19H15ClFN5O4. The molecule has 2 aliphatic heterocycles. The summed E-state index contributed by atoms with van der Waals surface area (Å²) in [5.41, 5.74) is 0.630. The molecule has 3 amide bonds. The van der Waals surface area contributed by atoms with Gasteiger partial charge in [-0.1, -0.05) is 22.9 Å². The molecule has 0 saturated carbocycles. The molecule has 0 aliphatic carbocycles. The number of nitrogens with zero attached hydrogens (tertiary/aromatic N) is 4. The van der Waals surface area contributed by atoms with Crippen molar-refractivity contribution in [1.82, 2.24) is 5.01 Å². The third kappa shape index (κ3) is 3.45. The number of halogens is 2. The van der Waals surface area contributed by atoms with Crippen LogP contribution >= 0.6 is 11.6 Å². The zero-order valence-electron chi connectivity index (χ0n) is 15.6. The number of rotatable bonds is 5. The maximum absolute atomic E-state index is 13.4. The summed E-state index contributed by atoms with van der Waals surface area (Å²) in [5.74, 6) is -1.79. The molecule has 2 aromatic carbocycles. The zero-order chi connectivity index (χ0) is 21.4. The van der Waals surface area contributed by atoms with Gasteiger partial charge in [0, 0.05) is 11.8 Å². The molecule has 4 rings (SSSR count). The summed E-state index contributed by atoms with van der Waals surface area (Å²) in [7, 11) is 1.51. The molecule has 0 unspecified atom stereocenters. The highest BCUT2D eigenvalue weighted by molar-refractivity contribution is 6.32. The Kier molecular flexibility index (Phi) is 5.08. The van der Waals surface area contributed by atoms with Crippen molar-refractivity contribution in [2.24, 2.45) is 10.3 Å². The second-order valence-electron chi connectivity index (χ2n) is 6.58. The van der Waals surface area contributed by atoms with Gasteiger partial charge in [-0.05, 0) is 30.3 Å². The molecule has 9 nitrogen and oxygen atoms in total. The Bertz CT molecular complexity index is 1080. The number of carbonyl (C=O) groups excluding carboxylic acids is 3. The van der Waals surface area contributed by atoms with Crippen LogP contribution in [0.5, 0.6) is 5.75 Å². The fourth-order valence-electron chi connectivity index (χ4n) is 3.28. The van der Waals surface area contributed by atoms with Gasteiger partial charge in [0.1, 0.15) is 18.1 Å². The van der Waals surface area contributed by atoms with Crippen molar-refractivity contribution in [2.45, 2.75) is 12.1 Å². The number of ether oxygens (including phenoxy) is 1. The fourth-order valence-corrected chi connectivity index (χ4v) is 3.46. The van der Waals surface area contributed by atoms with Crippen molar-refractivity contribution in [1.29, 1.82) is 0 Å². The minimum atomic E-state index is -1.08.